The van der Waals surface area contributed by atoms with E-state index in [1.54, 1.807) is 18.5 Å². The maximum absolute atomic E-state index is 12.0. The molecule has 92 valence electrons. The third kappa shape index (κ3) is 2.77. The van der Waals surface area contributed by atoms with Gasteiger partial charge in [0, 0.05) is 28.7 Å². The van der Waals surface area contributed by atoms with Crippen LogP contribution in [0.25, 0.3) is 0 Å². The molecule has 0 radical (unpaired) electrons. The van der Waals surface area contributed by atoms with Gasteiger partial charge >= 0.3 is 0 Å². The molecule has 0 saturated carbocycles. The minimum Gasteiger partial charge on any atom is -0.367 e. The van der Waals surface area contributed by atoms with Crippen LogP contribution < -0.4 is 4.72 Å². The van der Waals surface area contributed by atoms with Crippen LogP contribution in [0.1, 0.15) is 15.3 Å². The molecule has 0 bridgehead atoms. The van der Waals surface area contributed by atoms with Crippen molar-refractivity contribution in [1.82, 2.24) is 9.71 Å². The molecule has 0 unspecified atom stereocenters. The molecule has 0 fully saturated rings. The van der Waals surface area contributed by atoms with E-state index in [2.05, 4.69) is 9.71 Å². The molecule has 0 spiro atoms. The van der Waals surface area contributed by atoms with Crippen LogP contribution in [0.5, 0.6) is 0 Å². The normalized spacial score (nSPS) is 11.9. The first-order valence-corrected chi connectivity index (χ1v) is 7.47. The molecule has 0 aliphatic carbocycles. The Morgan fingerprint density at radius 3 is 2.71 bits per heavy atom. The highest BCUT2D eigenvalue weighted by Crippen LogP contribution is 2.24. The molecular formula is C11H14N2O2S2. The van der Waals surface area contributed by atoms with Crippen molar-refractivity contribution in [3.8, 4) is 0 Å². The van der Waals surface area contributed by atoms with Crippen LogP contribution in [0.15, 0.2) is 29.4 Å². The van der Waals surface area contributed by atoms with Gasteiger partial charge in [-0.15, -0.1) is 11.3 Å². The number of rotatable bonds is 4. The molecule has 0 saturated heterocycles. The monoisotopic (exact) mass is 270 g/mol. The van der Waals surface area contributed by atoms with Gasteiger partial charge in [0.2, 0.25) is 10.0 Å². The molecule has 4 nitrogen and oxygen atoms in total. The lowest BCUT2D eigenvalue weighted by atomic mass is 10.4. The summed E-state index contributed by atoms with van der Waals surface area (Å²) in [6, 6.07) is 3.55. The first kappa shape index (κ1) is 12.3. The van der Waals surface area contributed by atoms with E-state index in [-0.39, 0.29) is 0 Å². The maximum atomic E-state index is 12.0. The number of H-pyrrole nitrogens is 1. The molecule has 2 rings (SSSR count). The van der Waals surface area contributed by atoms with Gasteiger partial charge in [-0.1, -0.05) is 0 Å². The minimum atomic E-state index is -3.40. The van der Waals surface area contributed by atoms with E-state index in [9.17, 15) is 8.42 Å². The van der Waals surface area contributed by atoms with E-state index in [0.29, 0.717) is 11.4 Å². The number of hydrogen-bond acceptors (Lipinski definition) is 3. The Morgan fingerprint density at radius 2 is 2.18 bits per heavy atom. The van der Waals surface area contributed by atoms with Gasteiger partial charge in [-0.05, 0) is 31.5 Å². The van der Waals surface area contributed by atoms with E-state index in [0.717, 1.165) is 15.3 Å². The summed E-state index contributed by atoms with van der Waals surface area (Å²) < 4.78 is 26.7. The van der Waals surface area contributed by atoms with Crippen molar-refractivity contribution >= 4 is 21.4 Å². The average Bonchev–Trinajstić information content (AvgIpc) is 2.85. The Morgan fingerprint density at radius 1 is 1.41 bits per heavy atom. The van der Waals surface area contributed by atoms with Gasteiger partial charge in [0.05, 0.1) is 4.90 Å². The lowest BCUT2D eigenvalue weighted by Crippen LogP contribution is -2.23. The van der Waals surface area contributed by atoms with Crippen molar-refractivity contribution in [3.63, 3.8) is 0 Å². The van der Waals surface area contributed by atoms with Crippen LogP contribution in [0.2, 0.25) is 0 Å². The van der Waals surface area contributed by atoms with Crippen LogP contribution in [0, 0.1) is 13.8 Å². The highest BCUT2D eigenvalue weighted by Gasteiger charge is 2.18. The number of aromatic nitrogens is 1. The quantitative estimate of drug-likeness (QED) is 0.894. The molecule has 0 aliphatic rings. The molecule has 0 aromatic carbocycles. The average molecular weight is 270 g/mol. The topological polar surface area (TPSA) is 62.0 Å². The molecule has 2 aromatic heterocycles. The zero-order valence-corrected chi connectivity index (χ0v) is 11.3. The van der Waals surface area contributed by atoms with E-state index in [1.165, 1.54) is 11.3 Å². The van der Waals surface area contributed by atoms with Crippen molar-refractivity contribution in [2.75, 3.05) is 0 Å². The van der Waals surface area contributed by atoms with Crippen LogP contribution in [-0.4, -0.2) is 13.4 Å². The van der Waals surface area contributed by atoms with Crippen molar-refractivity contribution in [1.29, 1.82) is 0 Å². The van der Waals surface area contributed by atoms with Crippen LogP contribution >= 0.6 is 11.3 Å². The fourth-order valence-electron chi connectivity index (χ4n) is 1.60. The number of aryl methyl sites for hydroxylation is 2. The number of sulfonamides is 1. The van der Waals surface area contributed by atoms with Gasteiger partial charge in [-0.2, -0.15) is 0 Å². The summed E-state index contributed by atoms with van der Waals surface area (Å²) in [5.74, 6) is 0. The SMILES string of the molecule is Cc1cc(S(=O)(=O)NCc2cc[nH]c2)c(C)s1. The fourth-order valence-corrected chi connectivity index (χ4v) is 4.17. The number of hydrogen-bond donors (Lipinski definition) is 2. The van der Waals surface area contributed by atoms with E-state index in [4.69, 9.17) is 0 Å². The Labute approximate surface area is 105 Å². The summed E-state index contributed by atoms with van der Waals surface area (Å²) in [5.41, 5.74) is 0.915. The first-order valence-electron chi connectivity index (χ1n) is 5.17. The first-order chi connectivity index (χ1) is 7.99. The Kier molecular flexibility index (Phi) is 3.37. The summed E-state index contributed by atoms with van der Waals surface area (Å²) in [4.78, 5) is 5.10. The maximum Gasteiger partial charge on any atom is 0.241 e. The van der Waals surface area contributed by atoms with Gasteiger partial charge in [-0.25, -0.2) is 13.1 Å². The summed E-state index contributed by atoms with van der Waals surface area (Å²) in [6.45, 7) is 4.03. The van der Waals surface area contributed by atoms with Crippen molar-refractivity contribution in [2.24, 2.45) is 0 Å². The highest BCUT2D eigenvalue weighted by molar-refractivity contribution is 7.89. The Hall–Kier alpha value is -1.11. The van der Waals surface area contributed by atoms with Gasteiger partial charge in [0.15, 0.2) is 0 Å². The molecule has 6 heteroatoms. The van der Waals surface area contributed by atoms with Gasteiger partial charge in [0.1, 0.15) is 0 Å². The fraction of sp³-hybridized carbons (Fsp3) is 0.273. The molecule has 0 atom stereocenters. The lowest BCUT2D eigenvalue weighted by Gasteiger charge is -2.04. The number of thiophene rings is 1. The predicted octanol–water partition coefficient (Wildman–Crippen LogP) is 2.17. The van der Waals surface area contributed by atoms with Crippen LogP contribution in [-0.2, 0) is 16.6 Å². The third-order valence-electron chi connectivity index (χ3n) is 2.41. The highest BCUT2D eigenvalue weighted by atomic mass is 32.2. The van der Waals surface area contributed by atoms with E-state index >= 15 is 0 Å². The number of aromatic amines is 1. The van der Waals surface area contributed by atoms with Crippen molar-refractivity contribution < 1.29 is 8.42 Å². The molecule has 2 aromatic rings. The van der Waals surface area contributed by atoms with Crippen molar-refractivity contribution in [3.05, 3.63) is 39.8 Å². The largest absolute Gasteiger partial charge is 0.367 e. The van der Waals surface area contributed by atoms with Gasteiger partial charge in [0.25, 0.3) is 0 Å². The number of nitrogens with one attached hydrogen (secondary N) is 2. The van der Waals surface area contributed by atoms with Gasteiger partial charge in [-0.3, -0.25) is 0 Å². The summed E-state index contributed by atoms with van der Waals surface area (Å²) in [5, 5.41) is 0. The molecule has 0 amide bonds. The smallest absolute Gasteiger partial charge is 0.241 e. The van der Waals surface area contributed by atoms with Gasteiger partial charge < -0.3 is 4.98 Å². The zero-order valence-electron chi connectivity index (χ0n) is 9.65. The summed E-state index contributed by atoms with van der Waals surface area (Å²) in [7, 11) is -3.40. The predicted molar refractivity (Wildman–Crippen MR) is 68.6 cm³/mol. The Balaban J connectivity index is 2.17. The van der Waals surface area contributed by atoms with Crippen LogP contribution in [0.3, 0.4) is 0 Å². The standard InChI is InChI=1S/C11H14N2O2S2/c1-8-5-11(9(2)16-8)17(14,15)13-7-10-3-4-12-6-10/h3-6,12-13H,7H2,1-2H3. The molecule has 17 heavy (non-hydrogen) atoms. The second-order valence-electron chi connectivity index (χ2n) is 3.82. The molecule has 2 N–H and O–H groups in total. The molecular weight excluding hydrogens is 256 g/mol. The lowest BCUT2D eigenvalue weighted by molar-refractivity contribution is 0.581. The van der Waals surface area contributed by atoms with E-state index in [1.807, 2.05) is 19.9 Å². The molecule has 2 heterocycles. The second-order valence-corrected chi connectivity index (χ2v) is 7.02. The van der Waals surface area contributed by atoms with Crippen LogP contribution in [0.4, 0.5) is 0 Å². The van der Waals surface area contributed by atoms with E-state index < -0.39 is 10.0 Å². The summed E-state index contributed by atoms with van der Waals surface area (Å²) >= 11 is 1.49. The summed E-state index contributed by atoms with van der Waals surface area (Å²) in [6.07, 6.45) is 3.54. The minimum absolute atomic E-state index is 0.306. The Bertz CT molecular complexity index is 597. The zero-order chi connectivity index (χ0) is 12.5. The third-order valence-corrected chi connectivity index (χ3v) is 5.04. The second kappa shape index (κ2) is 4.64. The van der Waals surface area contributed by atoms with Crippen molar-refractivity contribution in [2.45, 2.75) is 25.3 Å². The molecule has 0 aliphatic heterocycles.